The number of rotatable bonds is 4. The van der Waals surface area contributed by atoms with Crippen LogP contribution in [0.25, 0.3) is 0 Å². The molecule has 3 nitrogen and oxygen atoms in total. The van der Waals surface area contributed by atoms with Crippen LogP contribution in [0, 0.1) is 6.92 Å². The molecule has 0 saturated heterocycles. The van der Waals surface area contributed by atoms with E-state index in [0.717, 1.165) is 12.2 Å². The highest BCUT2D eigenvalue weighted by atomic mass is 16.5. The van der Waals surface area contributed by atoms with Crippen molar-refractivity contribution < 1.29 is 4.74 Å². The minimum atomic E-state index is 0.645. The van der Waals surface area contributed by atoms with Crippen molar-refractivity contribution in [1.82, 2.24) is 0 Å². The van der Waals surface area contributed by atoms with Gasteiger partial charge in [-0.25, -0.2) is 0 Å². The molecule has 0 atom stereocenters. The van der Waals surface area contributed by atoms with Crippen LogP contribution in [0.4, 0.5) is 11.4 Å². The second-order valence-electron chi connectivity index (χ2n) is 4.30. The van der Waals surface area contributed by atoms with Crippen LogP contribution in [0.15, 0.2) is 42.5 Å². The van der Waals surface area contributed by atoms with Crippen molar-refractivity contribution in [1.29, 1.82) is 0 Å². The van der Waals surface area contributed by atoms with Crippen molar-refractivity contribution in [3.05, 3.63) is 53.6 Å². The first kappa shape index (κ1) is 12.3. The van der Waals surface area contributed by atoms with Crippen LogP contribution < -0.4 is 15.8 Å². The fourth-order valence-corrected chi connectivity index (χ4v) is 1.87. The van der Waals surface area contributed by atoms with E-state index in [1.807, 2.05) is 18.2 Å². The van der Waals surface area contributed by atoms with Gasteiger partial charge in [-0.15, -0.1) is 0 Å². The van der Waals surface area contributed by atoms with Gasteiger partial charge in [0.05, 0.1) is 12.8 Å². The lowest BCUT2D eigenvalue weighted by Gasteiger charge is -2.10. The molecule has 0 aliphatic carbocycles. The van der Waals surface area contributed by atoms with Gasteiger partial charge in [0, 0.05) is 12.2 Å². The van der Waals surface area contributed by atoms with E-state index in [2.05, 4.69) is 36.5 Å². The van der Waals surface area contributed by atoms with Gasteiger partial charge in [-0.2, -0.15) is 0 Å². The molecule has 18 heavy (non-hydrogen) atoms. The first-order chi connectivity index (χ1) is 8.69. The number of hydrogen-bond donors (Lipinski definition) is 2. The van der Waals surface area contributed by atoms with Gasteiger partial charge in [-0.1, -0.05) is 29.8 Å². The summed E-state index contributed by atoms with van der Waals surface area (Å²) in [7, 11) is 1.62. The van der Waals surface area contributed by atoms with E-state index in [4.69, 9.17) is 10.5 Å². The number of methoxy groups -OCH3 is 1. The molecule has 0 unspecified atom stereocenters. The van der Waals surface area contributed by atoms with Crippen molar-refractivity contribution >= 4 is 11.4 Å². The highest BCUT2D eigenvalue weighted by Gasteiger charge is 2.00. The zero-order valence-corrected chi connectivity index (χ0v) is 10.7. The van der Waals surface area contributed by atoms with E-state index < -0.39 is 0 Å². The fraction of sp³-hybridized carbons (Fsp3) is 0.200. The summed E-state index contributed by atoms with van der Waals surface area (Å²) in [6, 6.07) is 14.1. The maximum absolute atomic E-state index is 5.86. The molecule has 2 aromatic rings. The number of nitrogen functional groups attached to an aromatic ring is 1. The van der Waals surface area contributed by atoms with Crippen molar-refractivity contribution in [3.8, 4) is 5.75 Å². The number of ether oxygens (including phenoxy) is 1. The molecule has 2 aromatic carbocycles. The molecular weight excluding hydrogens is 224 g/mol. The van der Waals surface area contributed by atoms with Gasteiger partial charge in [0.1, 0.15) is 5.75 Å². The minimum Gasteiger partial charge on any atom is -0.495 e. The SMILES string of the molecule is COc1ccc(NCc2cccc(C)c2)cc1N. The van der Waals surface area contributed by atoms with Crippen LogP contribution >= 0.6 is 0 Å². The van der Waals surface area contributed by atoms with Gasteiger partial charge < -0.3 is 15.8 Å². The summed E-state index contributed by atoms with van der Waals surface area (Å²) in [4.78, 5) is 0. The highest BCUT2D eigenvalue weighted by Crippen LogP contribution is 2.24. The summed E-state index contributed by atoms with van der Waals surface area (Å²) < 4.78 is 5.13. The Morgan fingerprint density at radius 2 is 2.00 bits per heavy atom. The van der Waals surface area contributed by atoms with E-state index >= 15 is 0 Å². The predicted molar refractivity (Wildman–Crippen MR) is 75.9 cm³/mol. The number of nitrogens with one attached hydrogen (secondary N) is 1. The average Bonchev–Trinajstić information content (AvgIpc) is 2.37. The third kappa shape index (κ3) is 2.94. The number of hydrogen-bond acceptors (Lipinski definition) is 3. The smallest absolute Gasteiger partial charge is 0.141 e. The maximum Gasteiger partial charge on any atom is 0.141 e. The molecule has 0 saturated carbocycles. The van der Waals surface area contributed by atoms with Crippen molar-refractivity contribution in [2.45, 2.75) is 13.5 Å². The summed E-state index contributed by atoms with van der Waals surface area (Å²) in [6.45, 7) is 2.88. The molecule has 0 heterocycles. The lowest BCUT2D eigenvalue weighted by Crippen LogP contribution is -2.01. The van der Waals surface area contributed by atoms with Crippen LogP contribution in [0.2, 0.25) is 0 Å². The monoisotopic (exact) mass is 242 g/mol. The Balaban J connectivity index is 2.04. The normalized spacial score (nSPS) is 10.1. The Bertz CT molecular complexity index is 538. The number of aryl methyl sites for hydroxylation is 1. The zero-order chi connectivity index (χ0) is 13.0. The van der Waals surface area contributed by atoms with Gasteiger partial charge in [-0.3, -0.25) is 0 Å². The van der Waals surface area contributed by atoms with E-state index in [1.165, 1.54) is 11.1 Å². The summed E-state index contributed by atoms with van der Waals surface area (Å²) in [5, 5.41) is 3.34. The van der Waals surface area contributed by atoms with E-state index in [1.54, 1.807) is 7.11 Å². The maximum atomic E-state index is 5.86. The summed E-state index contributed by atoms with van der Waals surface area (Å²) in [5.74, 6) is 0.705. The van der Waals surface area contributed by atoms with Crippen LogP contribution in [-0.2, 0) is 6.54 Å². The molecular formula is C15H18N2O. The highest BCUT2D eigenvalue weighted by molar-refractivity contribution is 5.62. The number of nitrogens with two attached hydrogens (primary N) is 1. The van der Waals surface area contributed by atoms with Crippen LogP contribution in [0.3, 0.4) is 0 Å². The van der Waals surface area contributed by atoms with Crippen molar-refractivity contribution in [2.24, 2.45) is 0 Å². The fourth-order valence-electron chi connectivity index (χ4n) is 1.87. The molecule has 3 heteroatoms. The second kappa shape index (κ2) is 5.45. The molecule has 0 fully saturated rings. The molecule has 2 rings (SSSR count). The summed E-state index contributed by atoms with van der Waals surface area (Å²) in [5.41, 5.74) is 10.0. The Hall–Kier alpha value is -2.16. The molecule has 0 bridgehead atoms. The van der Waals surface area contributed by atoms with Gasteiger partial charge in [0.25, 0.3) is 0 Å². The van der Waals surface area contributed by atoms with Gasteiger partial charge in [-0.05, 0) is 30.7 Å². The minimum absolute atomic E-state index is 0.645. The molecule has 0 spiro atoms. The van der Waals surface area contributed by atoms with Crippen LogP contribution in [0.5, 0.6) is 5.75 Å². The lowest BCUT2D eigenvalue weighted by molar-refractivity contribution is 0.417. The molecule has 0 aliphatic heterocycles. The number of benzene rings is 2. The summed E-state index contributed by atoms with van der Waals surface area (Å²) >= 11 is 0. The van der Waals surface area contributed by atoms with Gasteiger partial charge in [0.2, 0.25) is 0 Å². The van der Waals surface area contributed by atoms with Crippen LogP contribution in [-0.4, -0.2) is 7.11 Å². The Kier molecular flexibility index (Phi) is 3.72. The number of anilines is 2. The molecule has 94 valence electrons. The third-order valence-electron chi connectivity index (χ3n) is 2.81. The molecule has 0 aliphatic rings. The first-order valence-corrected chi connectivity index (χ1v) is 5.92. The topological polar surface area (TPSA) is 47.3 Å². The van der Waals surface area contributed by atoms with E-state index in [-0.39, 0.29) is 0 Å². The zero-order valence-electron chi connectivity index (χ0n) is 10.7. The molecule has 0 radical (unpaired) electrons. The molecule has 0 amide bonds. The third-order valence-corrected chi connectivity index (χ3v) is 2.81. The largest absolute Gasteiger partial charge is 0.495 e. The average molecular weight is 242 g/mol. The Morgan fingerprint density at radius 3 is 2.67 bits per heavy atom. The Labute approximate surface area is 108 Å². The van der Waals surface area contributed by atoms with Crippen molar-refractivity contribution in [3.63, 3.8) is 0 Å². The quantitative estimate of drug-likeness (QED) is 0.809. The lowest BCUT2D eigenvalue weighted by atomic mass is 10.1. The van der Waals surface area contributed by atoms with E-state index in [0.29, 0.717) is 11.4 Å². The molecule has 3 N–H and O–H groups in total. The predicted octanol–water partition coefficient (Wildman–Crippen LogP) is 3.20. The molecule has 0 aromatic heterocycles. The van der Waals surface area contributed by atoms with Gasteiger partial charge in [0.15, 0.2) is 0 Å². The second-order valence-corrected chi connectivity index (χ2v) is 4.30. The van der Waals surface area contributed by atoms with E-state index in [9.17, 15) is 0 Å². The van der Waals surface area contributed by atoms with Crippen molar-refractivity contribution in [2.75, 3.05) is 18.2 Å². The van der Waals surface area contributed by atoms with Crippen LogP contribution in [0.1, 0.15) is 11.1 Å². The summed E-state index contributed by atoms with van der Waals surface area (Å²) in [6.07, 6.45) is 0. The standard InChI is InChI=1S/C15H18N2O/c1-11-4-3-5-12(8-11)10-17-13-6-7-15(18-2)14(16)9-13/h3-9,17H,10,16H2,1-2H3. The first-order valence-electron chi connectivity index (χ1n) is 5.92. The Morgan fingerprint density at radius 1 is 1.17 bits per heavy atom. The van der Waals surface area contributed by atoms with Gasteiger partial charge >= 0.3 is 0 Å².